The van der Waals surface area contributed by atoms with E-state index >= 15 is 0 Å². The zero-order valence-corrected chi connectivity index (χ0v) is 23.0. The summed E-state index contributed by atoms with van der Waals surface area (Å²) in [5.74, 6) is -0.382. The average Bonchev–Trinajstić information content (AvgIpc) is 3.47. The highest BCUT2D eigenvalue weighted by Crippen LogP contribution is 2.45. The Bertz CT molecular complexity index is 1580. The van der Waals surface area contributed by atoms with Crippen molar-refractivity contribution in [3.63, 3.8) is 0 Å². The van der Waals surface area contributed by atoms with Crippen LogP contribution in [0.1, 0.15) is 74.8 Å². The Morgan fingerprint density at radius 3 is 2.36 bits per heavy atom. The number of Topliss-reactive ketones (excluding diaryl/α,β-unsaturated/α-hetero) is 1. The van der Waals surface area contributed by atoms with E-state index in [1.165, 1.54) is 4.90 Å². The number of fused-ring (bicyclic) bond motifs is 1. The Labute approximate surface area is 228 Å². The molecule has 1 amide bonds. The number of amides is 1. The number of hydrogen-bond donors (Lipinski definition) is 2. The van der Waals surface area contributed by atoms with Gasteiger partial charge in [0.05, 0.1) is 18.2 Å². The Morgan fingerprint density at radius 2 is 1.69 bits per heavy atom. The number of carbonyl (C=O) groups is 2. The number of rotatable bonds is 7. The predicted molar refractivity (Wildman–Crippen MR) is 155 cm³/mol. The third-order valence-corrected chi connectivity index (χ3v) is 7.40. The smallest absolute Gasteiger partial charge is 0.300 e. The fourth-order valence-electron chi connectivity index (χ4n) is 5.32. The van der Waals surface area contributed by atoms with E-state index in [9.17, 15) is 14.7 Å². The van der Waals surface area contributed by atoms with Crippen LogP contribution >= 0.6 is 0 Å². The molecule has 1 fully saturated rings. The molecule has 2 heterocycles. The molecule has 3 aromatic carbocycles. The lowest BCUT2D eigenvalue weighted by atomic mass is 9.92. The Hall–Kier alpha value is -4.32. The van der Waals surface area contributed by atoms with Crippen LogP contribution in [-0.4, -0.2) is 28.4 Å². The fourth-order valence-corrected chi connectivity index (χ4v) is 5.32. The minimum Gasteiger partial charge on any atom is -0.507 e. The van der Waals surface area contributed by atoms with Crippen LogP contribution in [0.25, 0.3) is 16.7 Å². The normalized spacial score (nSPS) is 17.1. The maximum atomic E-state index is 13.7. The van der Waals surface area contributed by atoms with Crippen molar-refractivity contribution in [2.24, 2.45) is 0 Å². The number of benzene rings is 3. The van der Waals surface area contributed by atoms with Crippen molar-refractivity contribution in [3.05, 3.63) is 101 Å². The third-order valence-electron chi connectivity index (χ3n) is 7.40. The number of aromatic amines is 1. The van der Waals surface area contributed by atoms with Crippen LogP contribution in [0.5, 0.6) is 5.75 Å². The molecule has 39 heavy (non-hydrogen) atoms. The molecule has 2 N–H and O–H groups in total. The summed E-state index contributed by atoms with van der Waals surface area (Å²) in [5.41, 5.74) is 4.82. The van der Waals surface area contributed by atoms with Gasteiger partial charge in [0.2, 0.25) is 0 Å². The summed E-state index contributed by atoms with van der Waals surface area (Å²) < 4.78 is 5.80. The highest BCUT2D eigenvalue weighted by Gasteiger charge is 2.47. The SMILES string of the molecule is CCOc1ccc(/C(O)=C2\C(=O)C(=O)N(c3ccc(C(C)C)cc3)C2c2c[nH]c3ccccc23)cc1C(C)C. The van der Waals surface area contributed by atoms with Gasteiger partial charge >= 0.3 is 0 Å². The van der Waals surface area contributed by atoms with Gasteiger partial charge in [0.15, 0.2) is 0 Å². The third kappa shape index (κ3) is 4.60. The number of para-hydroxylation sites is 1. The number of carbonyl (C=O) groups excluding carboxylic acids is 2. The molecule has 6 nitrogen and oxygen atoms in total. The maximum absolute atomic E-state index is 13.7. The van der Waals surface area contributed by atoms with E-state index in [0.29, 0.717) is 23.8 Å². The van der Waals surface area contributed by atoms with Gasteiger partial charge in [-0.15, -0.1) is 0 Å². The highest BCUT2D eigenvalue weighted by atomic mass is 16.5. The fraction of sp³-hybridized carbons (Fsp3) is 0.273. The summed E-state index contributed by atoms with van der Waals surface area (Å²) in [4.78, 5) is 32.1. The summed E-state index contributed by atoms with van der Waals surface area (Å²) in [6.45, 7) is 10.8. The molecule has 6 heteroatoms. The lowest BCUT2D eigenvalue weighted by Crippen LogP contribution is -2.29. The molecule has 0 radical (unpaired) electrons. The average molecular weight is 523 g/mol. The summed E-state index contributed by atoms with van der Waals surface area (Å²) in [6, 6.07) is 20.1. The highest BCUT2D eigenvalue weighted by molar-refractivity contribution is 6.51. The molecular weight excluding hydrogens is 488 g/mol. The first kappa shape index (κ1) is 26.3. The number of nitrogens with one attached hydrogen (secondary N) is 1. The second-order valence-electron chi connectivity index (χ2n) is 10.5. The van der Waals surface area contributed by atoms with E-state index in [1.54, 1.807) is 6.07 Å². The molecule has 1 atom stereocenters. The number of ether oxygens (including phenoxy) is 1. The van der Waals surface area contributed by atoms with Crippen LogP contribution in [0, 0.1) is 0 Å². The molecule has 1 unspecified atom stereocenters. The van der Waals surface area contributed by atoms with Crippen LogP contribution in [0.3, 0.4) is 0 Å². The summed E-state index contributed by atoms with van der Waals surface area (Å²) in [5, 5.41) is 12.6. The van der Waals surface area contributed by atoms with Gasteiger partial charge in [-0.3, -0.25) is 14.5 Å². The van der Waals surface area contributed by atoms with Gasteiger partial charge in [-0.2, -0.15) is 0 Å². The number of H-pyrrole nitrogens is 1. The minimum absolute atomic E-state index is 0.0663. The van der Waals surface area contributed by atoms with Crippen molar-refractivity contribution in [2.75, 3.05) is 11.5 Å². The molecule has 1 saturated heterocycles. The van der Waals surface area contributed by atoms with Gasteiger partial charge in [0.25, 0.3) is 11.7 Å². The van der Waals surface area contributed by atoms with Gasteiger partial charge < -0.3 is 14.8 Å². The second-order valence-corrected chi connectivity index (χ2v) is 10.5. The lowest BCUT2D eigenvalue weighted by molar-refractivity contribution is -0.132. The van der Waals surface area contributed by atoms with Crippen molar-refractivity contribution in [2.45, 2.75) is 52.5 Å². The lowest BCUT2D eigenvalue weighted by Gasteiger charge is -2.25. The first-order valence-corrected chi connectivity index (χ1v) is 13.5. The molecular formula is C33H34N2O4. The number of hydrogen-bond acceptors (Lipinski definition) is 4. The van der Waals surface area contributed by atoms with Gasteiger partial charge in [-0.25, -0.2) is 0 Å². The van der Waals surface area contributed by atoms with Crippen LogP contribution in [0.2, 0.25) is 0 Å². The monoisotopic (exact) mass is 522 g/mol. The number of anilines is 1. The van der Waals surface area contributed by atoms with Gasteiger partial charge in [0.1, 0.15) is 11.5 Å². The predicted octanol–water partition coefficient (Wildman–Crippen LogP) is 7.44. The number of ketones is 1. The molecule has 0 bridgehead atoms. The first-order chi connectivity index (χ1) is 18.7. The molecule has 1 aliphatic heterocycles. The summed E-state index contributed by atoms with van der Waals surface area (Å²) in [7, 11) is 0. The van der Waals surface area contributed by atoms with Crippen molar-refractivity contribution in [3.8, 4) is 5.75 Å². The molecule has 0 saturated carbocycles. The number of aliphatic hydroxyl groups excluding tert-OH is 1. The number of nitrogens with zero attached hydrogens (tertiary/aromatic N) is 1. The van der Waals surface area contributed by atoms with Crippen molar-refractivity contribution >= 4 is 34.0 Å². The molecule has 5 rings (SSSR count). The van der Waals surface area contributed by atoms with E-state index in [2.05, 4.69) is 18.8 Å². The van der Waals surface area contributed by atoms with Crippen molar-refractivity contribution < 1.29 is 19.4 Å². The van der Waals surface area contributed by atoms with Gasteiger partial charge in [-0.1, -0.05) is 58.0 Å². The molecule has 200 valence electrons. The minimum atomic E-state index is -0.805. The quantitative estimate of drug-likeness (QED) is 0.150. The van der Waals surface area contributed by atoms with Crippen molar-refractivity contribution in [1.82, 2.24) is 4.98 Å². The Morgan fingerprint density at radius 1 is 0.974 bits per heavy atom. The Balaban J connectivity index is 1.73. The topological polar surface area (TPSA) is 82.6 Å². The Kier molecular flexibility index (Phi) is 7.04. The van der Waals surface area contributed by atoms with Crippen LogP contribution in [0.15, 0.2) is 78.5 Å². The van der Waals surface area contributed by atoms with E-state index in [0.717, 1.165) is 33.3 Å². The van der Waals surface area contributed by atoms with E-state index < -0.39 is 17.7 Å². The molecule has 4 aromatic rings. The van der Waals surface area contributed by atoms with Crippen LogP contribution < -0.4 is 9.64 Å². The number of aromatic nitrogens is 1. The van der Waals surface area contributed by atoms with E-state index in [4.69, 9.17) is 4.74 Å². The molecule has 1 aromatic heterocycles. The van der Waals surface area contributed by atoms with Crippen LogP contribution in [0.4, 0.5) is 5.69 Å². The summed E-state index contributed by atoms with van der Waals surface area (Å²) in [6.07, 6.45) is 1.82. The zero-order valence-electron chi connectivity index (χ0n) is 23.0. The molecule has 1 aliphatic rings. The number of aliphatic hydroxyl groups is 1. The standard InChI is InChI=1S/C33H34N2O4/c1-6-39-28-16-13-22(17-25(28)20(4)5)31(36)29-30(26-18-34-27-10-8-7-9-24(26)27)35(33(38)32(29)37)23-14-11-21(12-15-23)19(2)3/h7-20,30,34,36H,6H2,1-5H3/b31-29+. The second kappa shape index (κ2) is 10.4. The van der Waals surface area contributed by atoms with E-state index in [-0.39, 0.29) is 17.3 Å². The first-order valence-electron chi connectivity index (χ1n) is 13.5. The van der Waals surface area contributed by atoms with Gasteiger partial charge in [0, 0.05) is 33.9 Å². The van der Waals surface area contributed by atoms with E-state index in [1.807, 2.05) is 87.6 Å². The largest absolute Gasteiger partial charge is 0.507 e. The molecule has 0 aliphatic carbocycles. The van der Waals surface area contributed by atoms with Gasteiger partial charge in [-0.05, 0) is 66.3 Å². The van der Waals surface area contributed by atoms with Crippen LogP contribution in [-0.2, 0) is 9.59 Å². The molecule has 0 spiro atoms. The summed E-state index contributed by atoms with van der Waals surface area (Å²) >= 11 is 0. The van der Waals surface area contributed by atoms with Crippen molar-refractivity contribution in [1.29, 1.82) is 0 Å². The maximum Gasteiger partial charge on any atom is 0.300 e. The zero-order chi connectivity index (χ0) is 27.8.